The zero-order chi connectivity index (χ0) is 11.0. The van der Waals surface area contributed by atoms with Crippen LogP contribution in [0.1, 0.15) is 17.4 Å². The number of carbonyl (C=O) groups is 1. The zero-order valence-electron chi connectivity index (χ0n) is 8.68. The Bertz CT molecular complexity index is 532. The molecule has 0 spiro atoms. The molecule has 0 aliphatic rings. The average Bonchev–Trinajstić information content (AvgIpc) is 2.56. The van der Waals surface area contributed by atoms with Gasteiger partial charge in [-0.05, 0) is 0 Å². The van der Waals surface area contributed by atoms with Crippen LogP contribution in [0, 0.1) is 0 Å². The lowest BCUT2D eigenvalue weighted by atomic mass is 10.2. The van der Waals surface area contributed by atoms with Gasteiger partial charge in [0.15, 0.2) is 11.4 Å². The number of hydrogen-bond acceptors (Lipinski definition) is 5. The highest BCUT2D eigenvalue weighted by molar-refractivity contribution is 6.05. The van der Waals surface area contributed by atoms with Crippen LogP contribution in [0.4, 0.5) is 0 Å². The molecule has 0 saturated carbocycles. The number of ketones is 1. The van der Waals surface area contributed by atoms with E-state index >= 15 is 0 Å². The lowest BCUT2D eigenvalue weighted by Crippen LogP contribution is -1.96. The van der Waals surface area contributed by atoms with Crippen molar-refractivity contribution in [3.63, 3.8) is 0 Å². The normalized spacial score (nSPS) is 10.6. The molecule has 15 heavy (non-hydrogen) atoms. The maximum atomic E-state index is 11.4. The zero-order valence-corrected chi connectivity index (χ0v) is 8.68. The summed E-state index contributed by atoms with van der Waals surface area (Å²) in [5.41, 5.74) is 0.928. The number of ether oxygens (including phenoxy) is 1. The van der Waals surface area contributed by atoms with E-state index in [1.54, 1.807) is 7.05 Å². The van der Waals surface area contributed by atoms with Crippen molar-refractivity contribution < 1.29 is 9.53 Å². The molecule has 0 atom stereocenters. The van der Waals surface area contributed by atoms with Gasteiger partial charge < -0.3 is 4.74 Å². The second-order valence-electron chi connectivity index (χ2n) is 3.11. The molecule has 0 amide bonds. The summed E-state index contributed by atoms with van der Waals surface area (Å²) < 4.78 is 6.61. The monoisotopic (exact) mass is 206 g/mol. The molecule has 0 aromatic carbocycles. The van der Waals surface area contributed by atoms with Gasteiger partial charge in [0, 0.05) is 14.0 Å². The van der Waals surface area contributed by atoms with E-state index in [4.69, 9.17) is 4.74 Å². The van der Waals surface area contributed by atoms with Gasteiger partial charge >= 0.3 is 0 Å². The first-order valence-electron chi connectivity index (χ1n) is 4.37. The molecule has 6 nitrogen and oxygen atoms in total. The second-order valence-corrected chi connectivity index (χ2v) is 3.11. The van der Waals surface area contributed by atoms with E-state index in [-0.39, 0.29) is 5.78 Å². The van der Waals surface area contributed by atoms with Gasteiger partial charge in [-0.2, -0.15) is 5.10 Å². The van der Waals surface area contributed by atoms with Gasteiger partial charge in [-0.1, -0.05) is 0 Å². The van der Waals surface area contributed by atoms with Crippen LogP contribution in [-0.2, 0) is 7.05 Å². The number of nitrogens with zero attached hydrogens (tertiary/aromatic N) is 4. The summed E-state index contributed by atoms with van der Waals surface area (Å²) in [6.07, 6.45) is 1.38. The molecule has 0 bridgehead atoms. The molecule has 0 saturated heterocycles. The van der Waals surface area contributed by atoms with E-state index in [0.717, 1.165) is 0 Å². The maximum absolute atomic E-state index is 11.4. The van der Waals surface area contributed by atoms with Gasteiger partial charge in [0.2, 0.25) is 5.88 Å². The molecule has 0 radical (unpaired) electrons. The van der Waals surface area contributed by atoms with Crippen LogP contribution in [0.3, 0.4) is 0 Å². The van der Waals surface area contributed by atoms with E-state index in [2.05, 4.69) is 15.1 Å². The number of aromatic nitrogens is 4. The Kier molecular flexibility index (Phi) is 2.11. The minimum atomic E-state index is -0.131. The van der Waals surface area contributed by atoms with Crippen LogP contribution in [0.2, 0.25) is 0 Å². The maximum Gasteiger partial charge on any atom is 0.228 e. The number of Topliss-reactive ketones (excluding diaryl/α,β-unsaturated/α-hetero) is 1. The third kappa shape index (κ3) is 1.34. The first-order valence-corrected chi connectivity index (χ1v) is 4.37. The SMILES string of the molecule is COc1ncnc2c1c(C(C)=O)nn2C. The highest BCUT2D eigenvalue weighted by Crippen LogP contribution is 2.24. The third-order valence-corrected chi connectivity index (χ3v) is 2.11. The summed E-state index contributed by atoms with van der Waals surface area (Å²) in [5, 5.41) is 4.65. The number of methoxy groups -OCH3 is 1. The van der Waals surface area contributed by atoms with Gasteiger partial charge in [0.05, 0.1) is 7.11 Å². The first kappa shape index (κ1) is 9.57. The van der Waals surface area contributed by atoms with Crippen molar-refractivity contribution in [1.82, 2.24) is 19.7 Å². The largest absolute Gasteiger partial charge is 0.480 e. The topological polar surface area (TPSA) is 69.9 Å². The number of rotatable bonds is 2. The van der Waals surface area contributed by atoms with Crippen molar-refractivity contribution in [1.29, 1.82) is 0 Å². The Morgan fingerprint density at radius 2 is 2.20 bits per heavy atom. The lowest BCUT2D eigenvalue weighted by molar-refractivity contribution is 0.101. The number of fused-ring (bicyclic) bond motifs is 1. The van der Waals surface area contributed by atoms with Crippen molar-refractivity contribution in [2.75, 3.05) is 7.11 Å². The van der Waals surface area contributed by atoms with E-state index in [1.807, 2.05) is 0 Å². The van der Waals surface area contributed by atoms with E-state index < -0.39 is 0 Å². The smallest absolute Gasteiger partial charge is 0.228 e. The molecule has 0 fully saturated rings. The van der Waals surface area contributed by atoms with Gasteiger partial charge in [0.25, 0.3) is 0 Å². The summed E-state index contributed by atoms with van der Waals surface area (Å²) in [6.45, 7) is 1.45. The Balaban J connectivity index is 2.88. The number of carbonyl (C=O) groups excluding carboxylic acids is 1. The molecule has 6 heteroatoms. The molecule has 0 aliphatic carbocycles. The van der Waals surface area contributed by atoms with Crippen LogP contribution >= 0.6 is 0 Å². The Morgan fingerprint density at radius 1 is 1.47 bits per heavy atom. The minimum absolute atomic E-state index is 0.131. The second kappa shape index (κ2) is 3.30. The van der Waals surface area contributed by atoms with Crippen LogP contribution in [0.5, 0.6) is 5.88 Å². The minimum Gasteiger partial charge on any atom is -0.480 e. The van der Waals surface area contributed by atoms with E-state index in [9.17, 15) is 4.79 Å². The van der Waals surface area contributed by atoms with Crippen molar-refractivity contribution in [2.45, 2.75) is 6.92 Å². The van der Waals surface area contributed by atoms with E-state index in [1.165, 1.54) is 25.0 Å². The van der Waals surface area contributed by atoms with Gasteiger partial charge in [-0.25, -0.2) is 14.6 Å². The average molecular weight is 206 g/mol. The molecular formula is C9H10N4O2. The summed E-state index contributed by atoms with van der Waals surface area (Å²) in [7, 11) is 3.22. The molecule has 2 aromatic rings. The van der Waals surface area contributed by atoms with Crippen molar-refractivity contribution in [2.24, 2.45) is 7.05 Å². The fourth-order valence-corrected chi connectivity index (χ4v) is 1.46. The van der Waals surface area contributed by atoms with Crippen molar-refractivity contribution >= 4 is 16.8 Å². The Morgan fingerprint density at radius 3 is 2.80 bits per heavy atom. The Labute approximate surface area is 85.9 Å². The fraction of sp³-hybridized carbons (Fsp3) is 0.333. The Hall–Kier alpha value is -1.98. The van der Waals surface area contributed by atoms with Gasteiger partial charge in [0.1, 0.15) is 17.4 Å². The first-order chi connectivity index (χ1) is 7.15. The standard InChI is InChI=1S/C9H10N4O2/c1-5(14)7-6-8(13(2)12-7)10-4-11-9(6)15-3/h4H,1-3H3. The molecule has 2 heterocycles. The van der Waals surface area contributed by atoms with Crippen LogP contribution < -0.4 is 4.74 Å². The van der Waals surface area contributed by atoms with Gasteiger partial charge in [-0.15, -0.1) is 0 Å². The summed E-state index contributed by atoms with van der Waals surface area (Å²) in [6, 6.07) is 0. The molecule has 0 aliphatic heterocycles. The van der Waals surface area contributed by atoms with Crippen LogP contribution in [-0.4, -0.2) is 32.6 Å². The fourth-order valence-electron chi connectivity index (χ4n) is 1.46. The molecule has 2 aromatic heterocycles. The lowest BCUT2D eigenvalue weighted by Gasteiger charge is -1.99. The van der Waals surface area contributed by atoms with Crippen LogP contribution in [0.25, 0.3) is 11.0 Å². The number of aryl methyl sites for hydroxylation is 1. The highest BCUT2D eigenvalue weighted by Gasteiger charge is 2.18. The molecule has 0 unspecified atom stereocenters. The highest BCUT2D eigenvalue weighted by atomic mass is 16.5. The van der Waals surface area contributed by atoms with Crippen molar-refractivity contribution in [3.8, 4) is 5.88 Å². The predicted octanol–water partition coefficient (Wildman–Crippen LogP) is 0.574. The van der Waals surface area contributed by atoms with Gasteiger partial charge in [-0.3, -0.25) is 4.79 Å². The quantitative estimate of drug-likeness (QED) is 0.672. The van der Waals surface area contributed by atoms with E-state index in [0.29, 0.717) is 22.6 Å². The molecule has 2 rings (SSSR count). The summed E-state index contributed by atoms with van der Waals surface area (Å²) in [4.78, 5) is 19.3. The van der Waals surface area contributed by atoms with Crippen LogP contribution in [0.15, 0.2) is 6.33 Å². The molecule has 78 valence electrons. The number of hydrogen-bond donors (Lipinski definition) is 0. The third-order valence-electron chi connectivity index (χ3n) is 2.11. The van der Waals surface area contributed by atoms with Crippen molar-refractivity contribution in [3.05, 3.63) is 12.0 Å². The predicted molar refractivity (Wildman–Crippen MR) is 52.9 cm³/mol. The molecule has 0 N–H and O–H groups in total. The molecular weight excluding hydrogens is 196 g/mol. The summed E-state index contributed by atoms with van der Waals surface area (Å²) in [5.74, 6) is 0.243. The summed E-state index contributed by atoms with van der Waals surface area (Å²) >= 11 is 0.